The minimum Gasteiger partial charge on any atom is -0.388 e. The van der Waals surface area contributed by atoms with E-state index in [4.69, 9.17) is 0 Å². The van der Waals surface area contributed by atoms with Crippen LogP contribution in [0, 0.1) is 17.3 Å². The molecule has 0 fully saturated rings. The van der Waals surface area contributed by atoms with E-state index in [2.05, 4.69) is 10.6 Å². The van der Waals surface area contributed by atoms with Gasteiger partial charge in [0.05, 0.1) is 23.3 Å². The Morgan fingerprint density at radius 2 is 0.963 bits per heavy atom. The summed E-state index contributed by atoms with van der Waals surface area (Å²) in [5, 5.41) is 26.5. The number of amides is 2. The van der Waals surface area contributed by atoms with Crippen molar-refractivity contribution < 1.29 is 19.8 Å². The Labute approximate surface area is 165 Å². The van der Waals surface area contributed by atoms with Crippen LogP contribution in [0.1, 0.15) is 82.1 Å². The lowest BCUT2D eigenvalue weighted by atomic mass is 9.85. The summed E-state index contributed by atoms with van der Waals surface area (Å²) in [6.07, 6.45) is 1.21. The van der Waals surface area contributed by atoms with Gasteiger partial charge in [-0.3, -0.25) is 9.59 Å². The third-order valence-corrected chi connectivity index (χ3v) is 4.87. The molecule has 0 aromatic carbocycles. The summed E-state index contributed by atoms with van der Waals surface area (Å²) in [6, 6.07) is -0.921. The minimum atomic E-state index is -1.33. The number of aliphatic hydroxyl groups is 2. The van der Waals surface area contributed by atoms with Gasteiger partial charge in [-0.25, -0.2) is 0 Å². The van der Waals surface area contributed by atoms with E-state index in [1.165, 1.54) is 0 Å². The summed E-state index contributed by atoms with van der Waals surface area (Å²) < 4.78 is 0. The first-order valence-electron chi connectivity index (χ1n) is 9.95. The van der Waals surface area contributed by atoms with Gasteiger partial charge >= 0.3 is 0 Å². The van der Waals surface area contributed by atoms with Crippen LogP contribution in [-0.2, 0) is 9.59 Å². The Kier molecular flexibility index (Phi) is 8.98. The van der Waals surface area contributed by atoms with Crippen molar-refractivity contribution in [3.63, 3.8) is 0 Å². The first-order chi connectivity index (χ1) is 11.9. The highest BCUT2D eigenvalue weighted by Crippen LogP contribution is 2.23. The SMILES string of the molecule is CC(C)C[C@@H](NC(=O)C(C)(C)C(=O)N[C@H](CC(C)C)C(C)(C)O)C(C)(C)O. The smallest absolute Gasteiger partial charge is 0.235 e. The van der Waals surface area contributed by atoms with Gasteiger partial charge in [0.25, 0.3) is 0 Å². The number of nitrogens with one attached hydrogen (secondary N) is 2. The van der Waals surface area contributed by atoms with Crippen LogP contribution < -0.4 is 10.6 Å². The van der Waals surface area contributed by atoms with Gasteiger partial charge in [-0.1, -0.05) is 27.7 Å². The second kappa shape index (κ2) is 9.37. The van der Waals surface area contributed by atoms with Crippen molar-refractivity contribution in [3.05, 3.63) is 0 Å². The lowest BCUT2D eigenvalue weighted by molar-refractivity contribution is -0.144. The first-order valence-corrected chi connectivity index (χ1v) is 9.95. The highest BCUT2D eigenvalue weighted by Gasteiger charge is 2.41. The number of hydrogen-bond acceptors (Lipinski definition) is 4. The molecule has 6 nitrogen and oxygen atoms in total. The largest absolute Gasteiger partial charge is 0.388 e. The number of hydrogen-bond donors (Lipinski definition) is 4. The summed E-state index contributed by atoms with van der Waals surface area (Å²) in [4.78, 5) is 25.7. The van der Waals surface area contributed by atoms with E-state index in [9.17, 15) is 19.8 Å². The van der Waals surface area contributed by atoms with Gasteiger partial charge in [0, 0.05) is 0 Å². The molecule has 6 heteroatoms. The molecule has 27 heavy (non-hydrogen) atoms. The molecule has 2 atom stereocenters. The molecule has 2 amide bonds. The van der Waals surface area contributed by atoms with Crippen LogP contribution in [0.4, 0.5) is 0 Å². The van der Waals surface area contributed by atoms with Crippen molar-refractivity contribution in [3.8, 4) is 0 Å². The average Bonchev–Trinajstić information content (AvgIpc) is 2.42. The zero-order chi connectivity index (χ0) is 21.8. The molecule has 4 N–H and O–H groups in total. The normalized spacial score (nSPS) is 15.6. The van der Waals surface area contributed by atoms with Gasteiger partial charge in [-0.15, -0.1) is 0 Å². The van der Waals surface area contributed by atoms with Crippen molar-refractivity contribution in [2.45, 2.75) is 105 Å². The fraction of sp³-hybridized carbons (Fsp3) is 0.905. The summed E-state index contributed by atoms with van der Waals surface area (Å²) >= 11 is 0. The van der Waals surface area contributed by atoms with Crippen molar-refractivity contribution >= 4 is 11.8 Å². The first kappa shape index (κ1) is 25.9. The maximum Gasteiger partial charge on any atom is 0.235 e. The molecule has 0 aromatic heterocycles. The Hall–Kier alpha value is -1.14. The standard InChI is InChI=1S/C21H42N2O4/c1-13(2)11-15(20(7,8)26)22-17(24)19(5,6)18(25)23-16(12-14(3)4)21(9,10)27/h13-16,26-27H,11-12H2,1-10H3,(H,22,24)(H,23,25)/t15-,16-/m1/s1. The molecular formula is C21H42N2O4. The van der Waals surface area contributed by atoms with E-state index in [0.29, 0.717) is 12.8 Å². The predicted octanol–water partition coefficient (Wildman–Crippen LogP) is 2.62. The lowest BCUT2D eigenvalue weighted by Gasteiger charge is -2.36. The lowest BCUT2D eigenvalue weighted by Crippen LogP contribution is -2.59. The summed E-state index contributed by atoms with van der Waals surface area (Å²) in [6.45, 7) is 17.8. The highest BCUT2D eigenvalue weighted by molar-refractivity contribution is 6.04. The van der Waals surface area contributed by atoms with Gasteiger partial charge in [-0.05, 0) is 66.2 Å². The fourth-order valence-corrected chi connectivity index (χ4v) is 2.77. The van der Waals surface area contributed by atoms with Crippen LogP contribution in [0.2, 0.25) is 0 Å². The maximum absolute atomic E-state index is 12.9. The van der Waals surface area contributed by atoms with Gasteiger partial charge < -0.3 is 20.8 Å². The van der Waals surface area contributed by atoms with Gasteiger partial charge in [0.1, 0.15) is 5.41 Å². The molecule has 0 aliphatic rings. The maximum atomic E-state index is 12.9. The van der Waals surface area contributed by atoms with E-state index in [-0.39, 0.29) is 11.8 Å². The van der Waals surface area contributed by atoms with Crippen LogP contribution in [0.3, 0.4) is 0 Å². The Morgan fingerprint density at radius 3 is 1.15 bits per heavy atom. The van der Waals surface area contributed by atoms with Crippen LogP contribution in [-0.4, -0.2) is 45.3 Å². The molecule has 0 unspecified atom stereocenters. The van der Waals surface area contributed by atoms with E-state index in [0.717, 1.165) is 0 Å². The number of carbonyl (C=O) groups excluding carboxylic acids is 2. The van der Waals surface area contributed by atoms with Crippen LogP contribution in [0.15, 0.2) is 0 Å². The highest BCUT2D eigenvalue weighted by atomic mass is 16.3. The predicted molar refractivity (Wildman–Crippen MR) is 109 cm³/mol. The van der Waals surface area contributed by atoms with Crippen LogP contribution in [0.25, 0.3) is 0 Å². The second-order valence-corrected chi connectivity index (χ2v) is 10.2. The quantitative estimate of drug-likeness (QED) is 0.434. The molecule has 0 radical (unpaired) electrons. The second-order valence-electron chi connectivity index (χ2n) is 10.2. The van der Waals surface area contributed by atoms with E-state index < -0.39 is 40.5 Å². The molecule has 0 aromatic rings. The monoisotopic (exact) mass is 386 g/mol. The van der Waals surface area contributed by atoms with Gasteiger partial charge in [0.15, 0.2) is 0 Å². The molecule has 0 heterocycles. The third kappa shape index (κ3) is 8.60. The number of carbonyl (C=O) groups is 2. The average molecular weight is 387 g/mol. The third-order valence-electron chi connectivity index (χ3n) is 4.87. The zero-order valence-corrected chi connectivity index (χ0v) is 18.9. The number of rotatable bonds is 10. The molecule has 0 bridgehead atoms. The van der Waals surface area contributed by atoms with E-state index in [1.54, 1.807) is 41.5 Å². The zero-order valence-electron chi connectivity index (χ0n) is 18.9. The van der Waals surface area contributed by atoms with Gasteiger partial charge in [-0.2, -0.15) is 0 Å². The molecule has 0 aliphatic carbocycles. The summed E-state index contributed by atoms with van der Waals surface area (Å²) in [7, 11) is 0. The van der Waals surface area contributed by atoms with Crippen LogP contribution in [0.5, 0.6) is 0 Å². The van der Waals surface area contributed by atoms with Gasteiger partial charge in [0.2, 0.25) is 11.8 Å². The molecule has 160 valence electrons. The van der Waals surface area contributed by atoms with Crippen molar-refractivity contribution in [2.24, 2.45) is 17.3 Å². The fourth-order valence-electron chi connectivity index (χ4n) is 2.77. The Bertz CT molecular complexity index is 455. The molecule has 0 aliphatic heterocycles. The molecule has 0 saturated heterocycles. The van der Waals surface area contributed by atoms with E-state index >= 15 is 0 Å². The van der Waals surface area contributed by atoms with Crippen LogP contribution >= 0.6 is 0 Å². The molecule has 0 saturated carbocycles. The topological polar surface area (TPSA) is 98.7 Å². The summed E-state index contributed by atoms with van der Waals surface area (Å²) in [5.74, 6) is -0.313. The molecule has 0 rings (SSSR count). The summed E-state index contributed by atoms with van der Waals surface area (Å²) in [5.41, 5.74) is -3.53. The molecule has 0 spiro atoms. The minimum absolute atomic E-state index is 0.282. The Balaban J connectivity index is 5.34. The molecular weight excluding hydrogens is 344 g/mol. The Morgan fingerprint density at radius 1 is 0.704 bits per heavy atom. The van der Waals surface area contributed by atoms with Crippen molar-refractivity contribution in [2.75, 3.05) is 0 Å². The van der Waals surface area contributed by atoms with Crippen molar-refractivity contribution in [1.29, 1.82) is 0 Å². The van der Waals surface area contributed by atoms with Crippen molar-refractivity contribution in [1.82, 2.24) is 10.6 Å². The van der Waals surface area contributed by atoms with E-state index in [1.807, 2.05) is 27.7 Å².